The number of nitrogens with zero attached hydrogens (tertiary/aromatic N) is 2. The minimum atomic E-state index is -0.166. The van der Waals surface area contributed by atoms with Gasteiger partial charge in [-0.15, -0.1) is 0 Å². The van der Waals surface area contributed by atoms with Gasteiger partial charge in [-0.3, -0.25) is 9.48 Å². The average Bonchev–Trinajstić information content (AvgIpc) is 2.99. The number of amides is 1. The summed E-state index contributed by atoms with van der Waals surface area (Å²) in [7, 11) is 1.93. The van der Waals surface area contributed by atoms with E-state index in [1.54, 1.807) is 0 Å². The molecule has 136 valence electrons. The van der Waals surface area contributed by atoms with Gasteiger partial charge in [-0.1, -0.05) is 26.0 Å². The van der Waals surface area contributed by atoms with Gasteiger partial charge in [-0.2, -0.15) is 5.10 Å². The monoisotopic (exact) mass is 344 g/mol. The van der Waals surface area contributed by atoms with Crippen molar-refractivity contribution >= 4 is 11.6 Å². The van der Waals surface area contributed by atoms with Crippen LogP contribution in [0.25, 0.3) is 0 Å². The molecule has 1 heterocycles. The van der Waals surface area contributed by atoms with E-state index in [1.807, 2.05) is 49.1 Å². The maximum Gasteiger partial charge on any atom is 0.224 e. The minimum Gasteiger partial charge on any atom is -0.394 e. The molecule has 1 unspecified atom stereocenters. The summed E-state index contributed by atoms with van der Waals surface area (Å²) in [5.74, 6) is -0.0652. The molecule has 25 heavy (non-hydrogen) atoms. The van der Waals surface area contributed by atoms with Crippen LogP contribution in [0.1, 0.15) is 37.1 Å². The number of anilines is 1. The van der Waals surface area contributed by atoms with Crippen LogP contribution in [0.4, 0.5) is 5.69 Å². The third-order valence-electron chi connectivity index (χ3n) is 4.21. The Labute approximate surface area is 149 Å². The van der Waals surface area contributed by atoms with Gasteiger partial charge in [-0.25, -0.2) is 0 Å². The summed E-state index contributed by atoms with van der Waals surface area (Å²) in [6.07, 6.45) is 3.99. The summed E-state index contributed by atoms with van der Waals surface area (Å²) < 4.78 is 1.84. The van der Waals surface area contributed by atoms with Gasteiger partial charge in [0.25, 0.3) is 0 Å². The minimum absolute atomic E-state index is 0.0286. The van der Waals surface area contributed by atoms with E-state index in [2.05, 4.69) is 22.7 Å². The van der Waals surface area contributed by atoms with Crippen LogP contribution < -0.4 is 10.6 Å². The van der Waals surface area contributed by atoms with Gasteiger partial charge >= 0.3 is 0 Å². The molecule has 3 N–H and O–H groups in total. The van der Waals surface area contributed by atoms with Crippen LogP contribution in [0.3, 0.4) is 0 Å². The molecular weight excluding hydrogens is 316 g/mol. The lowest BCUT2D eigenvalue weighted by Crippen LogP contribution is -2.37. The molecule has 0 aliphatic carbocycles. The lowest BCUT2D eigenvalue weighted by atomic mass is 10.1. The van der Waals surface area contributed by atoms with Crippen molar-refractivity contribution in [1.29, 1.82) is 0 Å². The Balaban J connectivity index is 1.88. The first kappa shape index (κ1) is 19.0. The van der Waals surface area contributed by atoms with Gasteiger partial charge in [0, 0.05) is 31.0 Å². The fourth-order valence-electron chi connectivity index (χ4n) is 2.71. The molecule has 0 aliphatic heterocycles. The van der Waals surface area contributed by atoms with Gasteiger partial charge in [0.2, 0.25) is 5.91 Å². The van der Waals surface area contributed by atoms with Gasteiger partial charge in [0.05, 0.1) is 24.8 Å². The van der Waals surface area contributed by atoms with Crippen molar-refractivity contribution in [3.63, 3.8) is 0 Å². The maximum absolute atomic E-state index is 12.0. The van der Waals surface area contributed by atoms with E-state index in [4.69, 9.17) is 5.11 Å². The predicted molar refractivity (Wildman–Crippen MR) is 99.4 cm³/mol. The van der Waals surface area contributed by atoms with Crippen molar-refractivity contribution in [1.82, 2.24) is 15.1 Å². The van der Waals surface area contributed by atoms with Gasteiger partial charge in [0.1, 0.15) is 0 Å². The maximum atomic E-state index is 12.0. The Hall–Kier alpha value is -2.34. The first-order valence-corrected chi connectivity index (χ1v) is 8.80. The Morgan fingerprint density at radius 3 is 2.60 bits per heavy atom. The lowest BCUT2D eigenvalue weighted by molar-refractivity contribution is -0.121. The Morgan fingerprint density at radius 1 is 1.28 bits per heavy atom. The van der Waals surface area contributed by atoms with Crippen LogP contribution in [0.2, 0.25) is 0 Å². The number of carbonyl (C=O) groups is 1. The number of hydrogen-bond donors (Lipinski definition) is 3. The molecule has 0 radical (unpaired) electrons. The quantitative estimate of drug-likeness (QED) is 0.650. The van der Waals surface area contributed by atoms with Crippen molar-refractivity contribution in [3.8, 4) is 0 Å². The molecule has 1 amide bonds. The van der Waals surface area contributed by atoms with Gasteiger partial charge < -0.3 is 15.7 Å². The molecule has 1 aromatic carbocycles. The molecule has 0 aliphatic rings. The number of carbonyl (C=O) groups excluding carboxylic acids is 1. The van der Waals surface area contributed by atoms with E-state index in [9.17, 15) is 4.79 Å². The second kappa shape index (κ2) is 9.22. The standard InChI is InChI=1S/C19H28N4O2/c1-4-16(13-24)21-19(25)10-14-6-8-17(9-7-14)20-11-15-12-23(3)22-18(15)5-2/h6-9,12,16,20,24H,4-5,10-11,13H2,1-3H3,(H,21,25). The fraction of sp³-hybridized carbons (Fsp3) is 0.474. The van der Waals surface area contributed by atoms with E-state index >= 15 is 0 Å². The topological polar surface area (TPSA) is 79.2 Å². The Bertz CT molecular complexity index is 675. The van der Waals surface area contributed by atoms with Crippen molar-refractivity contribution in [2.75, 3.05) is 11.9 Å². The van der Waals surface area contributed by atoms with E-state index in [0.717, 1.165) is 36.3 Å². The van der Waals surface area contributed by atoms with Crippen molar-refractivity contribution in [2.24, 2.45) is 7.05 Å². The molecule has 2 aromatic rings. The third kappa shape index (κ3) is 5.60. The van der Waals surface area contributed by atoms with Crippen LogP contribution in [-0.4, -0.2) is 33.4 Å². The summed E-state index contributed by atoms with van der Waals surface area (Å²) in [4.78, 5) is 12.0. The van der Waals surface area contributed by atoms with Crippen LogP contribution in [-0.2, 0) is 31.2 Å². The number of aryl methyl sites for hydroxylation is 2. The highest BCUT2D eigenvalue weighted by Crippen LogP contribution is 2.14. The van der Waals surface area contributed by atoms with E-state index in [-0.39, 0.29) is 18.6 Å². The van der Waals surface area contributed by atoms with Crippen LogP contribution in [0.5, 0.6) is 0 Å². The third-order valence-corrected chi connectivity index (χ3v) is 4.21. The SMILES string of the molecule is CCc1nn(C)cc1CNc1ccc(CC(=O)NC(CC)CO)cc1. The number of aliphatic hydroxyl groups is 1. The molecule has 6 heteroatoms. The first-order valence-electron chi connectivity index (χ1n) is 8.80. The number of benzene rings is 1. The zero-order chi connectivity index (χ0) is 18.2. The first-order chi connectivity index (χ1) is 12.0. The van der Waals surface area contributed by atoms with Gasteiger partial charge in [-0.05, 0) is 30.5 Å². The zero-order valence-electron chi connectivity index (χ0n) is 15.2. The molecule has 1 aromatic heterocycles. The number of hydrogen-bond acceptors (Lipinski definition) is 4. The smallest absolute Gasteiger partial charge is 0.224 e. The van der Waals surface area contributed by atoms with Crippen LogP contribution in [0.15, 0.2) is 30.5 Å². The number of nitrogens with one attached hydrogen (secondary N) is 2. The largest absolute Gasteiger partial charge is 0.394 e. The average molecular weight is 344 g/mol. The van der Waals surface area contributed by atoms with Crippen molar-refractivity contribution in [3.05, 3.63) is 47.3 Å². The summed E-state index contributed by atoms with van der Waals surface area (Å²) >= 11 is 0. The molecular formula is C19H28N4O2. The summed E-state index contributed by atoms with van der Waals surface area (Å²) in [5.41, 5.74) is 4.27. The number of aliphatic hydroxyl groups excluding tert-OH is 1. The van der Waals surface area contributed by atoms with E-state index in [0.29, 0.717) is 6.42 Å². The zero-order valence-corrected chi connectivity index (χ0v) is 15.2. The lowest BCUT2D eigenvalue weighted by Gasteiger charge is -2.14. The molecule has 1 atom stereocenters. The van der Waals surface area contributed by atoms with Crippen molar-refractivity contribution < 1.29 is 9.90 Å². The second-order valence-electron chi connectivity index (χ2n) is 6.21. The molecule has 2 rings (SSSR count). The summed E-state index contributed by atoms with van der Waals surface area (Å²) in [5, 5.41) is 19.8. The van der Waals surface area contributed by atoms with Crippen molar-refractivity contribution in [2.45, 2.75) is 45.7 Å². The van der Waals surface area contributed by atoms with Crippen LogP contribution in [0, 0.1) is 0 Å². The fourth-order valence-corrected chi connectivity index (χ4v) is 2.71. The van der Waals surface area contributed by atoms with Crippen LogP contribution >= 0.6 is 0 Å². The summed E-state index contributed by atoms with van der Waals surface area (Å²) in [6.45, 7) is 4.74. The highest BCUT2D eigenvalue weighted by atomic mass is 16.3. The highest BCUT2D eigenvalue weighted by molar-refractivity contribution is 5.79. The molecule has 0 bridgehead atoms. The number of rotatable bonds is 9. The normalized spacial score (nSPS) is 12.0. The van der Waals surface area contributed by atoms with E-state index < -0.39 is 0 Å². The molecule has 0 saturated carbocycles. The molecule has 0 saturated heterocycles. The second-order valence-corrected chi connectivity index (χ2v) is 6.21. The Kier molecular flexibility index (Phi) is 7.01. The molecule has 0 fully saturated rings. The Morgan fingerprint density at radius 2 is 2.00 bits per heavy atom. The highest BCUT2D eigenvalue weighted by Gasteiger charge is 2.10. The van der Waals surface area contributed by atoms with Gasteiger partial charge in [0.15, 0.2) is 0 Å². The summed E-state index contributed by atoms with van der Waals surface area (Å²) in [6, 6.07) is 7.69. The molecule has 6 nitrogen and oxygen atoms in total. The number of aromatic nitrogens is 2. The van der Waals surface area contributed by atoms with E-state index in [1.165, 1.54) is 5.56 Å². The predicted octanol–water partition coefficient (Wildman–Crippen LogP) is 2.02. The molecule has 0 spiro atoms.